The molecule has 4 nitrogen and oxygen atoms in total. The summed E-state index contributed by atoms with van der Waals surface area (Å²) < 4.78 is 5.46. The van der Waals surface area contributed by atoms with Crippen molar-refractivity contribution in [3.63, 3.8) is 0 Å². The van der Waals surface area contributed by atoms with Crippen molar-refractivity contribution in [2.45, 2.75) is 13.0 Å². The van der Waals surface area contributed by atoms with Crippen LogP contribution in [-0.2, 0) is 4.74 Å². The van der Waals surface area contributed by atoms with Crippen molar-refractivity contribution in [3.05, 3.63) is 65.7 Å². The van der Waals surface area contributed by atoms with Gasteiger partial charge in [-0.2, -0.15) is 0 Å². The molecule has 0 unspecified atom stereocenters. The molecule has 0 aliphatic carbocycles. The molecule has 132 valence electrons. The lowest BCUT2D eigenvalue weighted by molar-refractivity contribution is 0.0344. The number of thiocarbonyl (C=S) groups is 1. The van der Waals surface area contributed by atoms with Gasteiger partial charge in [-0.25, -0.2) is 0 Å². The monoisotopic (exact) mass is 355 g/mol. The summed E-state index contributed by atoms with van der Waals surface area (Å²) in [5.74, 6) is 0. The number of morpholine rings is 1. The molecule has 1 heterocycles. The molecule has 5 heteroatoms. The molecule has 0 radical (unpaired) electrons. The average molecular weight is 356 g/mol. The average Bonchev–Trinajstić information content (AvgIpc) is 2.63. The lowest BCUT2D eigenvalue weighted by Gasteiger charge is -2.31. The number of aryl methyl sites for hydroxylation is 1. The van der Waals surface area contributed by atoms with Gasteiger partial charge in [0.15, 0.2) is 5.11 Å². The maximum Gasteiger partial charge on any atom is 0.171 e. The minimum Gasteiger partial charge on any atom is -0.379 e. The standard InChI is InChI=1S/C20H25N3OS/c1-16-6-5-9-18(14-16)21-20(25)22-19(17-7-3-2-4-8-17)15-23-10-12-24-13-11-23/h2-9,14,19H,10-13,15H2,1H3,(H2,21,22,25)/t19-/m0/s1. The first-order valence-electron chi connectivity index (χ1n) is 8.70. The predicted octanol–water partition coefficient (Wildman–Crippen LogP) is 3.35. The Bertz CT molecular complexity index is 686. The van der Waals surface area contributed by atoms with Gasteiger partial charge < -0.3 is 15.4 Å². The van der Waals surface area contributed by atoms with Crippen LogP contribution in [0.15, 0.2) is 54.6 Å². The van der Waals surface area contributed by atoms with E-state index in [4.69, 9.17) is 17.0 Å². The zero-order valence-electron chi connectivity index (χ0n) is 14.6. The molecule has 0 aromatic heterocycles. The number of anilines is 1. The Morgan fingerprint density at radius 2 is 1.88 bits per heavy atom. The molecule has 1 fully saturated rings. The number of hydrogen-bond acceptors (Lipinski definition) is 3. The molecule has 1 aliphatic heterocycles. The SMILES string of the molecule is Cc1cccc(NC(=S)N[C@@H](CN2CCOCC2)c2ccccc2)c1. The third-order valence-corrected chi connectivity index (χ3v) is 4.55. The number of rotatable bonds is 5. The first-order chi connectivity index (χ1) is 12.2. The van der Waals surface area contributed by atoms with Gasteiger partial charge in [0.25, 0.3) is 0 Å². The molecule has 0 amide bonds. The van der Waals surface area contributed by atoms with E-state index in [-0.39, 0.29) is 6.04 Å². The molecule has 2 N–H and O–H groups in total. The zero-order chi connectivity index (χ0) is 17.5. The first-order valence-corrected chi connectivity index (χ1v) is 9.11. The Balaban J connectivity index is 1.67. The molecule has 2 aromatic carbocycles. The van der Waals surface area contributed by atoms with Gasteiger partial charge in [-0.05, 0) is 42.4 Å². The maximum absolute atomic E-state index is 5.56. The second kappa shape index (κ2) is 8.94. The highest BCUT2D eigenvalue weighted by atomic mass is 32.1. The van der Waals surface area contributed by atoms with Gasteiger partial charge in [0.2, 0.25) is 0 Å². The summed E-state index contributed by atoms with van der Waals surface area (Å²) in [6, 6.07) is 18.8. The summed E-state index contributed by atoms with van der Waals surface area (Å²) in [6.07, 6.45) is 0. The van der Waals surface area contributed by atoms with Crippen LogP contribution in [0.2, 0.25) is 0 Å². The minimum atomic E-state index is 0.143. The van der Waals surface area contributed by atoms with Crippen LogP contribution < -0.4 is 10.6 Å². The summed E-state index contributed by atoms with van der Waals surface area (Å²) in [4.78, 5) is 2.42. The van der Waals surface area contributed by atoms with Crippen molar-refractivity contribution < 1.29 is 4.74 Å². The largest absolute Gasteiger partial charge is 0.379 e. The van der Waals surface area contributed by atoms with Crippen LogP contribution in [0.3, 0.4) is 0 Å². The first kappa shape index (κ1) is 17.9. The van der Waals surface area contributed by atoms with Crippen molar-refractivity contribution in [2.75, 3.05) is 38.2 Å². The second-order valence-corrected chi connectivity index (χ2v) is 6.75. The quantitative estimate of drug-likeness (QED) is 0.805. The molecule has 1 atom stereocenters. The van der Waals surface area contributed by atoms with Gasteiger partial charge in [-0.1, -0.05) is 42.5 Å². The molecule has 0 spiro atoms. The smallest absolute Gasteiger partial charge is 0.171 e. The Hall–Kier alpha value is -1.95. The topological polar surface area (TPSA) is 36.5 Å². The molecule has 3 rings (SSSR count). The van der Waals surface area contributed by atoms with Crippen LogP contribution in [-0.4, -0.2) is 42.9 Å². The summed E-state index contributed by atoms with van der Waals surface area (Å²) >= 11 is 5.56. The van der Waals surface area contributed by atoms with Crippen molar-refractivity contribution in [1.82, 2.24) is 10.2 Å². The van der Waals surface area contributed by atoms with Crippen LogP contribution >= 0.6 is 12.2 Å². The second-order valence-electron chi connectivity index (χ2n) is 6.34. The predicted molar refractivity (Wildman–Crippen MR) is 107 cm³/mol. The Labute approximate surface area is 155 Å². The fourth-order valence-electron chi connectivity index (χ4n) is 3.01. The van der Waals surface area contributed by atoms with E-state index in [1.807, 2.05) is 18.2 Å². The molecular formula is C20H25N3OS. The van der Waals surface area contributed by atoms with Crippen molar-refractivity contribution in [3.8, 4) is 0 Å². The van der Waals surface area contributed by atoms with Crippen LogP contribution in [0.4, 0.5) is 5.69 Å². The fourth-order valence-corrected chi connectivity index (χ4v) is 3.27. The van der Waals surface area contributed by atoms with E-state index < -0.39 is 0 Å². The van der Waals surface area contributed by atoms with Gasteiger partial charge in [0.05, 0.1) is 19.3 Å². The van der Waals surface area contributed by atoms with E-state index in [1.54, 1.807) is 0 Å². The Morgan fingerprint density at radius 1 is 1.12 bits per heavy atom. The molecular weight excluding hydrogens is 330 g/mol. The van der Waals surface area contributed by atoms with E-state index in [0.29, 0.717) is 5.11 Å². The third-order valence-electron chi connectivity index (χ3n) is 4.33. The highest BCUT2D eigenvalue weighted by Gasteiger charge is 2.19. The van der Waals surface area contributed by atoms with Gasteiger partial charge in [-0.15, -0.1) is 0 Å². The zero-order valence-corrected chi connectivity index (χ0v) is 15.4. The molecule has 0 saturated carbocycles. The number of hydrogen-bond donors (Lipinski definition) is 2. The Kier molecular flexibility index (Phi) is 6.39. The maximum atomic E-state index is 5.56. The van der Waals surface area contributed by atoms with Gasteiger partial charge in [0, 0.05) is 25.3 Å². The van der Waals surface area contributed by atoms with E-state index in [9.17, 15) is 0 Å². The molecule has 2 aromatic rings. The van der Waals surface area contributed by atoms with Crippen molar-refractivity contribution >= 4 is 23.0 Å². The molecule has 1 aliphatic rings. The van der Waals surface area contributed by atoms with Crippen LogP contribution in [0.5, 0.6) is 0 Å². The third kappa shape index (κ3) is 5.53. The van der Waals surface area contributed by atoms with Crippen molar-refractivity contribution in [2.24, 2.45) is 0 Å². The summed E-state index contributed by atoms with van der Waals surface area (Å²) in [6.45, 7) is 6.50. The Morgan fingerprint density at radius 3 is 2.60 bits per heavy atom. The minimum absolute atomic E-state index is 0.143. The molecule has 1 saturated heterocycles. The lowest BCUT2D eigenvalue weighted by atomic mass is 10.1. The number of nitrogens with zero attached hydrogens (tertiary/aromatic N) is 1. The van der Waals surface area contributed by atoms with Crippen LogP contribution in [0, 0.1) is 6.92 Å². The van der Waals surface area contributed by atoms with E-state index >= 15 is 0 Å². The van der Waals surface area contributed by atoms with Gasteiger partial charge >= 0.3 is 0 Å². The normalized spacial score (nSPS) is 16.2. The summed E-state index contributed by atoms with van der Waals surface area (Å²) in [5, 5.41) is 7.43. The molecule has 0 bridgehead atoms. The van der Waals surface area contributed by atoms with Gasteiger partial charge in [0.1, 0.15) is 0 Å². The number of ether oxygens (including phenoxy) is 1. The lowest BCUT2D eigenvalue weighted by Crippen LogP contribution is -2.44. The summed E-state index contributed by atoms with van der Waals surface area (Å²) in [5.41, 5.74) is 3.46. The number of benzene rings is 2. The van der Waals surface area contributed by atoms with Gasteiger partial charge in [-0.3, -0.25) is 4.90 Å². The van der Waals surface area contributed by atoms with Crippen molar-refractivity contribution in [1.29, 1.82) is 0 Å². The van der Waals surface area contributed by atoms with Crippen LogP contribution in [0.25, 0.3) is 0 Å². The van der Waals surface area contributed by atoms with E-state index in [1.165, 1.54) is 11.1 Å². The highest BCUT2D eigenvalue weighted by molar-refractivity contribution is 7.80. The fraction of sp³-hybridized carbons (Fsp3) is 0.350. The summed E-state index contributed by atoms with van der Waals surface area (Å²) in [7, 11) is 0. The van der Waals surface area contributed by atoms with E-state index in [0.717, 1.165) is 38.5 Å². The number of nitrogens with one attached hydrogen (secondary N) is 2. The van der Waals surface area contributed by atoms with Crippen LogP contribution in [0.1, 0.15) is 17.2 Å². The molecule has 25 heavy (non-hydrogen) atoms. The highest BCUT2D eigenvalue weighted by Crippen LogP contribution is 2.16. The van der Waals surface area contributed by atoms with E-state index in [2.05, 4.69) is 58.9 Å².